The van der Waals surface area contributed by atoms with Crippen molar-refractivity contribution in [3.8, 4) is 0 Å². The van der Waals surface area contributed by atoms with Crippen molar-refractivity contribution < 1.29 is 14.7 Å². The van der Waals surface area contributed by atoms with Crippen LogP contribution in [0, 0.1) is 0 Å². The van der Waals surface area contributed by atoms with E-state index in [1.807, 2.05) is 0 Å². The molecule has 0 unspecified atom stereocenters. The highest BCUT2D eigenvalue weighted by Gasteiger charge is 2.02. The second-order valence-corrected chi connectivity index (χ2v) is 4.02. The molecule has 0 aliphatic carbocycles. The van der Waals surface area contributed by atoms with Gasteiger partial charge in [-0.3, -0.25) is 9.59 Å². The molecule has 0 radical (unpaired) electrons. The Morgan fingerprint density at radius 2 is 1.86 bits per heavy atom. The molecule has 0 rings (SSSR count). The average molecular weight is 264 g/mol. The zero-order valence-electron chi connectivity index (χ0n) is 7.88. The van der Waals surface area contributed by atoms with Crippen LogP contribution in [0.4, 0.5) is 0 Å². The third kappa shape index (κ3) is 9.25. The van der Waals surface area contributed by atoms with Gasteiger partial charge >= 0.3 is 5.97 Å². The third-order valence-electron chi connectivity index (χ3n) is 1.52. The summed E-state index contributed by atoms with van der Waals surface area (Å²) in [7, 11) is 0. The summed E-state index contributed by atoms with van der Waals surface area (Å²) in [5, 5.41) is 11.0. The summed E-state index contributed by atoms with van der Waals surface area (Å²) in [4.78, 5) is 21.2. The minimum atomic E-state index is -0.820. The number of carboxylic acids is 1. The van der Waals surface area contributed by atoms with Gasteiger partial charge in [-0.2, -0.15) is 0 Å². The Morgan fingerprint density at radius 1 is 1.29 bits per heavy atom. The highest BCUT2D eigenvalue weighted by Crippen LogP contribution is 2.01. The largest absolute Gasteiger partial charge is 0.481 e. The van der Waals surface area contributed by atoms with Crippen LogP contribution in [-0.2, 0) is 9.59 Å². The van der Waals surface area contributed by atoms with Gasteiger partial charge in [0, 0.05) is 23.9 Å². The maximum Gasteiger partial charge on any atom is 0.303 e. The highest BCUT2D eigenvalue weighted by molar-refractivity contribution is 9.11. The van der Waals surface area contributed by atoms with E-state index in [4.69, 9.17) is 5.11 Å². The summed E-state index contributed by atoms with van der Waals surface area (Å²) in [5.74, 6) is -0.893. The standard InChI is InChI=1S/C9H14BrNO3/c1-7(10)6-11-8(12)4-2-3-5-9(13)14/h1-6H2,(H,11,12)(H,13,14). The van der Waals surface area contributed by atoms with E-state index in [9.17, 15) is 9.59 Å². The van der Waals surface area contributed by atoms with Crippen LogP contribution < -0.4 is 5.32 Å². The lowest BCUT2D eigenvalue weighted by molar-refractivity contribution is -0.137. The predicted molar refractivity (Wildman–Crippen MR) is 57.2 cm³/mol. The molecule has 2 N–H and O–H groups in total. The van der Waals surface area contributed by atoms with Gasteiger partial charge in [0.05, 0.1) is 0 Å². The molecule has 0 saturated carbocycles. The first-order valence-electron chi connectivity index (χ1n) is 4.34. The number of halogens is 1. The molecule has 0 spiro atoms. The van der Waals surface area contributed by atoms with Crippen molar-refractivity contribution in [2.75, 3.05) is 6.54 Å². The van der Waals surface area contributed by atoms with Gasteiger partial charge in [0.15, 0.2) is 0 Å². The molecule has 80 valence electrons. The van der Waals surface area contributed by atoms with Crippen LogP contribution in [0.15, 0.2) is 11.1 Å². The van der Waals surface area contributed by atoms with Crippen LogP contribution in [-0.4, -0.2) is 23.5 Å². The number of hydrogen-bond acceptors (Lipinski definition) is 2. The number of carboxylic acid groups (broad SMARTS) is 1. The number of rotatable bonds is 7. The first-order chi connectivity index (χ1) is 6.52. The van der Waals surface area contributed by atoms with Crippen LogP contribution in [0.2, 0.25) is 0 Å². The smallest absolute Gasteiger partial charge is 0.303 e. The lowest BCUT2D eigenvalue weighted by Crippen LogP contribution is -2.23. The first-order valence-corrected chi connectivity index (χ1v) is 5.13. The summed E-state index contributed by atoms with van der Waals surface area (Å²) in [6.07, 6.45) is 1.64. The molecular formula is C9H14BrNO3. The van der Waals surface area contributed by atoms with Gasteiger partial charge < -0.3 is 10.4 Å². The Labute approximate surface area is 91.5 Å². The summed E-state index contributed by atoms with van der Waals surface area (Å²) < 4.78 is 0.719. The molecule has 1 amide bonds. The van der Waals surface area contributed by atoms with Gasteiger partial charge in [-0.15, -0.1) is 0 Å². The van der Waals surface area contributed by atoms with Crippen molar-refractivity contribution in [3.05, 3.63) is 11.1 Å². The van der Waals surface area contributed by atoms with E-state index in [0.717, 1.165) is 4.48 Å². The second-order valence-electron chi connectivity index (χ2n) is 2.89. The fourth-order valence-electron chi connectivity index (χ4n) is 0.845. The lowest BCUT2D eigenvalue weighted by Gasteiger charge is -2.02. The van der Waals surface area contributed by atoms with Crippen molar-refractivity contribution in [2.24, 2.45) is 0 Å². The quantitative estimate of drug-likeness (QED) is 0.687. The Kier molecular flexibility index (Phi) is 7.10. The molecular weight excluding hydrogens is 250 g/mol. The summed E-state index contributed by atoms with van der Waals surface area (Å²) in [6.45, 7) is 3.99. The van der Waals surface area contributed by atoms with E-state index < -0.39 is 5.97 Å². The minimum Gasteiger partial charge on any atom is -0.481 e. The molecule has 0 saturated heterocycles. The number of aliphatic carboxylic acids is 1. The van der Waals surface area contributed by atoms with E-state index in [0.29, 0.717) is 25.8 Å². The zero-order chi connectivity index (χ0) is 11.0. The molecule has 0 aliphatic rings. The molecule has 5 heteroatoms. The second kappa shape index (κ2) is 7.55. The normalized spacial score (nSPS) is 9.50. The van der Waals surface area contributed by atoms with E-state index in [1.54, 1.807) is 0 Å². The molecule has 0 aromatic heterocycles. The van der Waals surface area contributed by atoms with Crippen molar-refractivity contribution in [2.45, 2.75) is 25.7 Å². The van der Waals surface area contributed by atoms with Crippen molar-refractivity contribution in [3.63, 3.8) is 0 Å². The summed E-state index contributed by atoms with van der Waals surface area (Å²) in [6, 6.07) is 0. The minimum absolute atomic E-state index is 0.0732. The van der Waals surface area contributed by atoms with Gasteiger partial charge in [-0.05, 0) is 12.8 Å². The Balaban J connectivity index is 3.36. The Bertz CT molecular complexity index is 228. The predicted octanol–water partition coefficient (Wildman–Crippen LogP) is 1.66. The lowest BCUT2D eigenvalue weighted by atomic mass is 10.2. The van der Waals surface area contributed by atoms with Gasteiger partial charge in [0.2, 0.25) is 5.91 Å². The van der Waals surface area contributed by atoms with Gasteiger partial charge in [0.25, 0.3) is 0 Å². The highest BCUT2D eigenvalue weighted by atomic mass is 79.9. The third-order valence-corrected chi connectivity index (χ3v) is 1.80. The molecule has 0 aromatic rings. The Morgan fingerprint density at radius 3 is 2.36 bits per heavy atom. The fraction of sp³-hybridized carbons (Fsp3) is 0.556. The molecule has 14 heavy (non-hydrogen) atoms. The van der Waals surface area contributed by atoms with E-state index in [-0.39, 0.29) is 12.3 Å². The maximum atomic E-state index is 11.1. The number of unbranched alkanes of at least 4 members (excludes halogenated alkanes) is 1. The Hall–Kier alpha value is -0.840. The number of carbonyl (C=O) groups is 2. The van der Waals surface area contributed by atoms with Crippen molar-refractivity contribution >= 4 is 27.8 Å². The van der Waals surface area contributed by atoms with Gasteiger partial charge in [-0.25, -0.2) is 0 Å². The fourth-order valence-corrected chi connectivity index (χ4v) is 0.985. The average Bonchev–Trinajstić information content (AvgIpc) is 2.08. The molecule has 0 fully saturated rings. The number of nitrogens with one attached hydrogen (secondary N) is 1. The van der Waals surface area contributed by atoms with Gasteiger partial charge in [0.1, 0.15) is 0 Å². The molecule has 0 atom stereocenters. The van der Waals surface area contributed by atoms with E-state index >= 15 is 0 Å². The number of carbonyl (C=O) groups excluding carboxylic acids is 1. The molecule has 4 nitrogen and oxygen atoms in total. The van der Waals surface area contributed by atoms with Crippen LogP contribution in [0.5, 0.6) is 0 Å². The molecule has 0 aliphatic heterocycles. The molecule has 0 bridgehead atoms. The monoisotopic (exact) mass is 263 g/mol. The van der Waals surface area contributed by atoms with Crippen LogP contribution in [0.1, 0.15) is 25.7 Å². The topological polar surface area (TPSA) is 66.4 Å². The maximum absolute atomic E-state index is 11.1. The number of amides is 1. The van der Waals surface area contributed by atoms with Crippen molar-refractivity contribution in [1.82, 2.24) is 5.32 Å². The molecule has 0 aromatic carbocycles. The summed E-state index contributed by atoms with van der Waals surface area (Å²) >= 11 is 3.12. The van der Waals surface area contributed by atoms with Crippen LogP contribution >= 0.6 is 15.9 Å². The van der Waals surface area contributed by atoms with Crippen LogP contribution in [0.3, 0.4) is 0 Å². The van der Waals surface area contributed by atoms with Gasteiger partial charge in [-0.1, -0.05) is 22.5 Å². The SMILES string of the molecule is C=C(Br)CNC(=O)CCCCC(=O)O. The first kappa shape index (κ1) is 13.2. The molecule has 0 heterocycles. The van der Waals surface area contributed by atoms with E-state index in [1.165, 1.54) is 0 Å². The van der Waals surface area contributed by atoms with Crippen molar-refractivity contribution in [1.29, 1.82) is 0 Å². The zero-order valence-corrected chi connectivity index (χ0v) is 9.47. The summed E-state index contributed by atoms with van der Waals surface area (Å²) in [5.41, 5.74) is 0. The number of hydrogen-bond donors (Lipinski definition) is 2. The van der Waals surface area contributed by atoms with E-state index in [2.05, 4.69) is 27.8 Å². The van der Waals surface area contributed by atoms with Crippen LogP contribution in [0.25, 0.3) is 0 Å².